The van der Waals surface area contributed by atoms with Gasteiger partial charge in [0.05, 0.1) is 40.8 Å². The minimum atomic E-state index is -4.68. The van der Waals surface area contributed by atoms with Gasteiger partial charge in [-0.05, 0) is 86.6 Å². The van der Waals surface area contributed by atoms with Crippen LogP contribution in [0.3, 0.4) is 0 Å². The molecule has 0 spiro atoms. The largest absolute Gasteiger partial charge is 0.416 e. The zero-order valence-electron chi connectivity index (χ0n) is 24.1. The zero-order valence-corrected chi connectivity index (χ0v) is 24.9. The van der Waals surface area contributed by atoms with E-state index in [9.17, 15) is 30.8 Å². The molecule has 2 fully saturated rings. The molecular formula is C31H28F4N6O3S. The van der Waals surface area contributed by atoms with E-state index < -0.39 is 44.8 Å². The van der Waals surface area contributed by atoms with Crippen LogP contribution in [0.1, 0.15) is 65.5 Å². The van der Waals surface area contributed by atoms with E-state index in [0.717, 1.165) is 31.2 Å². The number of halogens is 4. The molecule has 3 heterocycles. The van der Waals surface area contributed by atoms with Gasteiger partial charge in [-0.3, -0.25) is 14.5 Å². The zero-order chi connectivity index (χ0) is 31.7. The molecule has 45 heavy (non-hydrogen) atoms. The third kappa shape index (κ3) is 5.09. The van der Waals surface area contributed by atoms with Gasteiger partial charge in [-0.25, -0.2) is 17.5 Å². The number of alkyl halides is 3. The highest BCUT2D eigenvalue weighted by molar-refractivity contribution is 7.89. The highest BCUT2D eigenvalue weighted by Gasteiger charge is 2.51. The first-order valence-electron chi connectivity index (χ1n) is 14.5. The van der Waals surface area contributed by atoms with Crippen LogP contribution in [0, 0.1) is 11.2 Å². The fraction of sp³-hybridized carbons (Fsp3) is 0.355. The van der Waals surface area contributed by atoms with E-state index in [4.69, 9.17) is 0 Å². The Morgan fingerprint density at radius 2 is 1.82 bits per heavy atom. The van der Waals surface area contributed by atoms with Crippen molar-refractivity contribution in [1.82, 2.24) is 28.9 Å². The molecule has 1 aromatic carbocycles. The van der Waals surface area contributed by atoms with E-state index in [1.54, 1.807) is 27.7 Å². The first kappa shape index (κ1) is 29.5. The van der Waals surface area contributed by atoms with Crippen LogP contribution in [0.25, 0.3) is 11.8 Å². The number of aromatic nitrogens is 5. The summed E-state index contributed by atoms with van der Waals surface area (Å²) in [6.45, 7) is 0. The van der Waals surface area contributed by atoms with Crippen LogP contribution in [0.4, 0.5) is 17.6 Å². The number of rotatable bonds is 7. The number of sulfonamides is 1. The molecule has 0 bridgehead atoms. The van der Waals surface area contributed by atoms with E-state index in [1.165, 1.54) is 35.9 Å². The highest BCUT2D eigenvalue weighted by Crippen LogP contribution is 2.51. The predicted octanol–water partition coefficient (Wildman–Crippen LogP) is 5.64. The van der Waals surface area contributed by atoms with Crippen molar-refractivity contribution in [1.29, 1.82) is 0 Å². The number of carbonyl (C=O) groups excluding carboxylic acids is 1. The molecule has 3 aliphatic carbocycles. The van der Waals surface area contributed by atoms with Crippen molar-refractivity contribution in [2.45, 2.75) is 61.7 Å². The van der Waals surface area contributed by atoms with Crippen LogP contribution < -0.4 is 0 Å². The molecule has 0 aliphatic heterocycles. The number of pyridine rings is 1. The quantitative estimate of drug-likeness (QED) is 0.192. The minimum Gasteiger partial charge on any atom is -0.291 e. The second kappa shape index (κ2) is 10.4. The Morgan fingerprint density at radius 1 is 1.07 bits per heavy atom. The van der Waals surface area contributed by atoms with Gasteiger partial charge in [0, 0.05) is 25.5 Å². The fourth-order valence-corrected chi connectivity index (χ4v) is 7.84. The van der Waals surface area contributed by atoms with Crippen molar-refractivity contribution in [2.24, 2.45) is 5.41 Å². The maximum absolute atomic E-state index is 14.4. The maximum atomic E-state index is 14.4. The highest BCUT2D eigenvalue weighted by atomic mass is 32.2. The van der Waals surface area contributed by atoms with Crippen LogP contribution in [-0.2, 0) is 22.6 Å². The minimum absolute atomic E-state index is 0.0310. The van der Waals surface area contributed by atoms with Crippen molar-refractivity contribution in [3.05, 3.63) is 95.1 Å². The molecular weight excluding hydrogens is 612 g/mol. The summed E-state index contributed by atoms with van der Waals surface area (Å²) in [5, 5.41) is 8.70. The van der Waals surface area contributed by atoms with Crippen molar-refractivity contribution >= 4 is 21.9 Å². The molecule has 0 radical (unpaired) electrons. The van der Waals surface area contributed by atoms with Gasteiger partial charge in [0.25, 0.3) is 0 Å². The molecule has 0 amide bonds. The topological polar surface area (TPSA) is 103 Å². The summed E-state index contributed by atoms with van der Waals surface area (Å²) < 4.78 is 86.5. The van der Waals surface area contributed by atoms with Gasteiger partial charge in [-0.1, -0.05) is 5.57 Å². The first-order valence-corrected chi connectivity index (χ1v) is 15.9. The Hall–Kier alpha value is -4.17. The number of ketones is 1. The average molecular weight is 641 g/mol. The standard InChI is InChI=1S/C31H28F4N6O3S/c1-39(45(43,44)26-17-37-40(18-26)23-8-9-23)25-5-2-20-13-28-19(16-38-41(28)24-6-3-22(32)4-7-24)14-30(20,15-25)29(42)27-12-21(10-11-36-27)31(33,34)35/h3-4,6-7,10-13,16-18,23,25H,2,5,8-9,14-15H2,1H3/t25-,30-/m0/s1. The molecule has 2 saturated carbocycles. The summed E-state index contributed by atoms with van der Waals surface area (Å²) in [5.74, 6) is -1.02. The summed E-state index contributed by atoms with van der Waals surface area (Å²) in [6.07, 6.45) is 5.18. The molecule has 0 unspecified atom stereocenters. The van der Waals surface area contributed by atoms with Gasteiger partial charge in [0.1, 0.15) is 16.4 Å². The van der Waals surface area contributed by atoms with Gasteiger partial charge >= 0.3 is 6.18 Å². The monoisotopic (exact) mass is 640 g/mol. The molecule has 2 atom stereocenters. The number of fused-ring (bicyclic) bond motifs is 2. The van der Waals surface area contributed by atoms with Gasteiger partial charge in [0.2, 0.25) is 10.0 Å². The van der Waals surface area contributed by atoms with Crippen molar-refractivity contribution in [3.63, 3.8) is 0 Å². The van der Waals surface area contributed by atoms with E-state index in [2.05, 4.69) is 15.2 Å². The molecule has 3 aromatic heterocycles. The molecule has 9 nitrogen and oxygen atoms in total. The smallest absolute Gasteiger partial charge is 0.291 e. The van der Waals surface area contributed by atoms with Crippen LogP contribution in [-0.4, -0.2) is 56.1 Å². The van der Waals surface area contributed by atoms with Crippen molar-refractivity contribution < 1.29 is 30.8 Å². The van der Waals surface area contributed by atoms with Gasteiger partial charge < -0.3 is 0 Å². The lowest BCUT2D eigenvalue weighted by molar-refractivity contribution is -0.137. The van der Waals surface area contributed by atoms with E-state index in [0.29, 0.717) is 35.4 Å². The summed E-state index contributed by atoms with van der Waals surface area (Å²) in [7, 11) is -2.53. The van der Waals surface area contributed by atoms with Crippen LogP contribution in [0.5, 0.6) is 0 Å². The number of carbonyl (C=O) groups is 1. The van der Waals surface area contributed by atoms with E-state index in [1.807, 2.05) is 6.08 Å². The number of benzene rings is 1. The van der Waals surface area contributed by atoms with E-state index in [-0.39, 0.29) is 29.5 Å². The van der Waals surface area contributed by atoms with E-state index >= 15 is 0 Å². The average Bonchev–Trinajstić information content (AvgIpc) is 3.60. The third-order valence-electron chi connectivity index (χ3n) is 9.15. The molecule has 14 heteroatoms. The summed E-state index contributed by atoms with van der Waals surface area (Å²) >= 11 is 0. The summed E-state index contributed by atoms with van der Waals surface area (Å²) in [5.41, 5.74) is -0.133. The van der Waals surface area contributed by atoms with Gasteiger partial charge in [-0.2, -0.15) is 27.7 Å². The first-order chi connectivity index (χ1) is 21.4. The third-order valence-corrected chi connectivity index (χ3v) is 11.0. The number of hydrogen-bond acceptors (Lipinski definition) is 6. The summed E-state index contributed by atoms with van der Waals surface area (Å²) in [4.78, 5) is 18.5. The van der Waals surface area contributed by atoms with Crippen molar-refractivity contribution in [3.8, 4) is 5.69 Å². The van der Waals surface area contributed by atoms with Crippen molar-refractivity contribution in [2.75, 3.05) is 7.05 Å². The Kier molecular flexibility index (Phi) is 6.85. The Morgan fingerprint density at radius 3 is 2.53 bits per heavy atom. The summed E-state index contributed by atoms with van der Waals surface area (Å²) in [6, 6.07) is 6.87. The molecule has 0 N–H and O–H groups in total. The Bertz CT molecular complexity index is 1950. The van der Waals surface area contributed by atoms with Gasteiger partial charge in [-0.15, -0.1) is 0 Å². The predicted molar refractivity (Wildman–Crippen MR) is 154 cm³/mol. The number of allylic oxidation sites excluding steroid dienone is 1. The second-order valence-electron chi connectivity index (χ2n) is 11.9. The lowest BCUT2D eigenvalue weighted by Crippen LogP contribution is -2.49. The van der Waals surface area contributed by atoms with Crippen LogP contribution in [0.15, 0.2) is 71.7 Å². The Balaban J connectivity index is 1.29. The number of hydrogen-bond donors (Lipinski definition) is 0. The van der Waals surface area contributed by atoms with Crippen LogP contribution >= 0.6 is 0 Å². The lowest BCUT2D eigenvalue weighted by atomic mass is 9.60. The SMILES string of the molecule is CN([C@H]1CCC2=Cc3c(cnn3-c3ccc(F)cc3)C[C@]2(C(=O)c2cc(C(F)(F)F)ccn2)C1)S(=O)(=O)c1cnn(C2CC2)c1. The molecule has 7 rings (SSSR count). The number of nitrogens with zero attached hydrogens (tertiary/aromatic N) is 6. The molecule has 3 aliphatic rings. The molecule has 4 aromatic rings. The molecule has 0 saturated heterocycles. The number of Topliss-reactive ketones (excluding diaryl/α,β-unsaturated/α-hetero) is 1. The van der Waals surface area contributed by atoms with Gasteiger partial charge in [0.15, 0.2) is 5.78 Å². The Labute approximate surface area is 256 Å². The van der Waals surface area contributed by atoms with Crippen LogP contribution in [0.2, 0.25) is 0 Å². The normalized spacial score (nSPS) is 21.7. The lowest BCUT2D eigenvalue weighted by Gasteiger charge is -2.45. The maximum Gasteiger partial charge on any atom is 0.416 e. The molecule has 234 valence electrons. The fourth-order valence-electron chi connectivity index (χ4n) is 6.51. The second-order valence-corrected chi connectivity index (χ2v) is 13.9.